The van der Waals surface area contributed by atoms with Crippen molar-refractivity contribution in [3.05, 3.63) is 39.5 Å². The van der Waals surface area contributed by atoms with Crippen molar-refractivity contribution >= 4 is 32.9 Å². The van der Waals surface area contributed by atoms with E-state index >= 15 is 0 Å². The maximum Gasteiger partial charge on any atom is 0.305 e. The van der Waals surface area contributed by atoms with Crippen molar-refractivity contribution in [1.82, 2.24) is 4.98 Å². The van der Waals surface area contributed by atoms with Gasteiger partial charge in [0.15, 0.2) is 0 Å². The first-order chi connectivity index (χ1) is 8.22. The van der Waals surface area contributed by atoms with Crippen LogP contribution in [0.25, 0.3) is 15.8 Å². The van der Waals surface area contributed by atoms with E-state index < -0.39 is 0 Å². The Morgan fingerprint density at radius 1 is 1.18 bits per heavy atom. The molecule has 1 aliphatic carbocycles. The van der Waals surface area contributed by atoms with E-state index in [4.69, 9.17) is 0 Å². The van der Waals surface area contributed by atoms with Crippen LogP contribution in [-0.2, 0) is 4.79 Å². The summed E-state index contributed by atoms with van der Waals surface area (Å²) in [7, 11) is 0. The molecule has 0 spiro atoms. The average Bonchev–Trinajstić information content (AvgIpc) is 2.69. The number of nitrogens with one attached hydrogen (secondary N) is 1. The molecule has 1 aromatic carbocycles. The summed E-state index contributed by atoms with van der Waals surface area (Å²) >= 11 is 1.22. The Hall–Kier alpha value is -1.68. The van der Waals surface area contributed by atoms with E-state index in [2.05, 4.69) is 4.98 Å². The lowest BCUT2D eigenvalue weighted by Crippen LogP contribution is -2.02. The standard InChI is InChI=1S/C13H11NO2S/c15-10-4-1-8(2-5-10)9-3-6-12-11(7-9)14-13(16)17-12/h1,3,6-7H,2,4-5H2,(H,14,16). The van der Waals surface area contributed by atoms with E-state index in [1.807, 2.05) is 24.3 Å². The second-order valence-corrected chi connectivity index (χ2v) is 5.21. The summed E-state index contributed by atoms with van der Waals surface area (Å²) in [6.45, 7) is 0. The zero-order chi connectivity index (χ0) is 11.8. The molecule has 0 amide bonds. The van der Waals surface area contributed by atoms with Crippen molar-refractivity contribution in [2.75, 3.05) is 0 Å². The molecule has 0 saturated carbocycles. The molecule has 17 heavy (non-hydrogen) atoms. The van der Waals surface area contributed by atoms with Gasteiger partial charge in [0.05, 0.1) is 10.2 Å². The van der Waals surface area contributed by atoms with Gasteiger partial charge < -0.3 is 4.98 Å². The number of carbonyl (C=O) groups is 1. The van der Waals surface area contributed by atoms with Crippen molar-refractivity contribution in [2.45, 2.75) is 19.3 Å². The maximum atomic E-state index is 11.2. The van der Waals surface area contributed by atoms with Gasteiger partial charge in [0.1, 0.15) is 5.78 Å². The minimum absolute atomic E-state index is 0.0232. The van der Waals surface area contributed by atoms with Crippen LogP contribution in [0.15, 0.2) is 29.1 Å². The van der Waals surface area contributed by atoms with E-state index in [9.17, 15) is 9.59 Å². The molecule has 86 valence electrons. The van der Waals surface area contributed by atoms with Crippen LogP contribution in [0, 0.1) is 0 Å². The molecule has 1 N–H and O–H groups in total. The molecule has 0 saturated heterocycles. The lowest BCUT2D eigenvalue weighted by Gasteiger charge is -2.12. The number of hydrogen-bond acceptors (Lipinski definition) is 3. The van der Waals surface area contributed by atoms with E-state index in [0.717, 1.165) is 22.2 Å². The fourth-order valence-electron chi connectivity index (χ4n) is 2.13. The van der Waals surface area contributed by atoms with Crippen molar-refractivity contribution in [3.8, 4) is 0 Å². The fraction of sp³-hybridized carbons (Fsp3) is 0.231. The number of aromatic amines is 1. The Balaban J connectivity index is 2.06. The largest absolute Gasteiger partial charge is 0.312 e. The third-order valence-electron chi connectivity index (χ3n) is 3.04. The number of fused-ring (bicyclic) bond motifs is 1. The third kappa shape index (κ3) is 1.96. The summed E-state index contributed by atoms with van der Waals surface area (Å²) in [4.78, 5) is 25.2. The van der Waals surface area contributed by atoms with Crippen LogP contribution in [0.5, 0.6) is 0 Å². The molecule has 4 heteroatoms. The number of ketones is 1. The van der Waals surface area contributed by atoms with Crippen LogP contribution in [-0.4, -0.2) is 10.8 Å². The first-order valence-corrected chi connectivity index (χ1v) is 6.38. The Kier molecular flexibility index (Phi) is 2.44. The van der Waals surface area contributed by atoms with Gasteiger partial charge in [-0.3, -0.25) is 9.59 Å². The SMILES string of the molecule is O=C1CC=C(c2ccc3sc(=O)[nH]c3c2)CC1. The quantitative estimate of drug-likeness (QED) is 0.839. The highest BCUT2D eigenvalue weighted by Crippen LogP contribution is 2.27. The van der Waals surface area contributed by atoms with E-state index in [-0.39, 0.29) is 4.87 Å². The molecule has 0 unspecified atom stereocenters. The predicted molar refractivity (Wildman–Crippen MR) is 69.3 cm³/mol. The van der Waals surface area contributed by atoms with Gasteiger partial charge in [-0.25, -0.2) is 0 Å². The van der Waals surface area contributed by atoms with Gasteiger partial charge in [-0.2, -0.15) is 0 Å². The number of Topliss-reactive ketones (excluding diaryl/α,β-unsaturated/α-hetero) is 1. The Morgan fingerprint density at radius 3 is 2.82 bits per heavy atom. The van der Waals surface area contributed by atoms with Crippen LogP contribution < -0.4 is 4.87 Å². The van der Waals surface area contributed by atoms with Crippen molar-refractivity contribution in [1.29, 1.82) is 0 Å². The molecule has 1 heterocycles. The normalized spacial score (nSPS) is 16.2. The molecule has 0 fully saturated rings. The van der Waals surface area contributed by atoms with Crippen LogP contribution in [0.3, 0.4) is 0 Å². The zero-order valence-electron chi connectivity index (χ0n) is 9.16. The first kappa shape index (κ1) is 10.5. The summed E-state index contributed by atoms with van der Waals surface area (Å²) in [5.74, 6) is 0.304. The molecule has 0 atom stereocenters. The molecule has 1 aliphatic rings. The molecule has 3 rings (SSSR count). The Morgan fingerprint density at radius 2 is 2.06 bits per heavy atom. The van der Waals surface area contributed by atoms with Gasteiger partial charge in [0, 0.05) is 12.8 Å². The molecular weight excluding hydrogens is 234 g/mol. The first-order valence-electron chi connectivity index (χ1n) is 5.56. The van der Waals surface area contributed by atoms with E-state index in [1.54, 1.807) is 0 Å². The summed E-state index contributed by atoms with van der Waals surface area (Å²) in [5, 5.41) is 0. The van der Waals surface area contributed by atoms with E-state index in [0.29, 0.717) is 18.6 Å². The number of thiazole rings is 1. The lowest BCUT2D eigenvalue weighted by molar-refractivity contribution is -0.118. The highest BCUT2D eigenvalue weighted by molar-refractivity contribution is 7.16. The van der Waals surface area contributed by atoms with Gasteiger partial charge in [-0.15, -0.1) is 0 Å². The summed E-state index contributed by atoms with van der Waals surface area (Å²) in [6.07, 6.45) is 3.97. The Labute approximate surface area is 102 Å². The minimum atomic E-state index is -0.0232. The molecule has 1 aromatic heterocycles. The number of H-pyrrole nitrogens is 1. The van der Waals surface area contributed by atoms with Gasteiger partial charge in [-0.05, 0) is 29.7 Å². The molecule has 2 aromatic rings. The van der Waals surface area contributed by atoms with E-state index in [1.165, 1.54) is 16.9 Å². The number of benzene rings is 1. The molecular formula is C13H11NO2S. The number of carbonyl (C=O) groups excluding carboxylic acids is 1. The lowest BCUT2D eigenvalue weighted by atomic mass is 9.93. The topological polar surface area (TPSA) is 49.9 Å². The third-order valence-corrected chi connectivity index (χ3v) is 3.90. The van der Waals surface area contributed by atoms with Crippen molar-refractivity contribution < 1.29 is 4.79 Å². The fourth-order valence-corrected chi connectivity index (χ4v) is 2.85. The van der Waals surface area contributed by atoms with Crippen LogP contribution in [0.2, 0.25) is 0 Å². The zero-order valence-corrected chi connectivity index (χ0v) is 9.97. The molecule has 0 aliphatic heterocycles. The maximum absolute atomic E-state index is 11.2. The monoisotopic (exact) mass is 245 g/mol. The van der Waals surface area contributed by atoms with Crippen LogP contribution >= 0.6 is 11.3 Å². The highest BCUT2D eigenvalue weighted by atomic mass is 32.1. The average molecular weight is 245 g/mol. The molecule has 0 bridgehead atoms. The number of aromatic nitrogens is 1. The predicted octanol–water partition coefficient (Wildman–Crippen LogP) is 2.73. The number of allylic oxidation sites excluding steroid dienone is 2. The smallest absolute Gasteiger partial charge is 0.305 e. The molecule has 3 nitrogen and oxygen atoms in total. The van der Waals surface area contributed by atoms with Gasteiger partial charge in [-0.1, -0.05) is 23.5 Å². The van der Waals surface area contributed by atoms with Gasteiger partial charge >= 0.3 is 4.87 Å². The van der Waals surface area contributed by atoms with Crippen molar-refractivity contribution in [3.63, 3.8) is 0 Å². The summed E-state index contributed by atoms with van der Waals surface area (Å²) in [5.41, 5.74) is 3.20. The van der Waals surface area contributed by atoms with Gasteiger partial charge in [0.2, 0.25) is 0 Å². The number of hydrogen-bond donors (Lipinski definition) is 1. The Bertz CT molecular complexity index is 678. The van der Waals surface area contributed by atoms with Crippen molar-refractivity contribution in [2.24, 2.45) is 0 Å². The second kappa shape index (κ2) is 3.96. The minimum Gasteiger partial charge on any atom is -0.312 e. The highest BCUT2D eigenvalue weighted by Gasteiger charge is 2.12. The van der Waals surface area contributed by atoms with Crippen LogP contribution in [0.1, 0.15) is 24.8 Å². The number of rotatable bonds is 1. The molecule has 0 radical (unpaired) electrons. The van der Waals surface area contributed by atoms with Crippen LogP contribution in [0.4, 0.5) is 0 Å². The summed E-state index contributed by atoms with van der Waals surface area (Å²) < 4.78 is 0.978. The van der Waals surface area contributed by atoms with Gasteiger partial charge in [0.25, 0.3) is 0 Å². The summed E-state index contributed by atoms with van der Waals surface area (Å²) in [6, 6.07) is 5.98. The second-order valence-electron chi connectivity index (χ2n) is 4.20.